The van der Waals surface area contributed by atoms with E-state index in [-0.39, 0.29) is 22.3 Å². The summed E-state index contributed by atoms with van der Waals surface area (Å²) in [5, 5.41) is 8.54. The fourth-order valence-electron chi connectivity index (χ4n) is 9.56. The molecule has 0 saturated carbocycles. The molecule has 0 spiro atoms. The molecule has 15 heteroatoms. The summed E-state index contributed by atoms with van der Waals surface area (Å²) in [7, 11) is 6.71. The molecule has 0 aliphatic carbocycles. The highest BCUT2D eigenvalue weighted by atomic mass is 16.6. The van der Waals surface area contributed by atoms with Gasteiger partial charge in [0.15, 0.2) is 0 Å². The molecule has 0 radical (unpaired) electrons. The van der Waals surface area contributed by atoms with Gasteiger partial charge in [-0.1, -0.05) is 95.3 Å². The summed E-state index contributed by atoms with van der Waals surface area (Å²) in [4.78, 5) is 77.1. The highest BCUT2D eigenvalue weighted by Crippen LogP contribution is 2.38. The zero-order valence-electron chi connectivity index (χ0n) is 54.4. The van der Waals surface area contributed by atoms with Crippen molar-refractivity contribution in [2.24, 2.45) is 0 Å². The number of methoxy groups -OCH3 is 5. The van der Waals surface area contributed by atoms with Gasteiger partial charge in [0.05, 0.1) is 57.8 Å². The molecule has 9 aromatic rings. The number of rotatable bonds is 7. The summed E-state index contributed by atoms with van der Waals surface area (Å²) in [6, 6.07) is 47.1. The summed E-state index contributed by atoms with van der Waals surface area (Å²) in [5.41, 5.74) is 6.50. The van der Waals surface area contributed by atoms with E-state index in [1.807, 2.05) is 42.5 Å². The largest absolute Gasteiger partial charge is 0.495 e. The quantitative estimate of drug-likeness (QED) is 0.0664. The molecule has 2 N–H and O–H groups in total. The van der Waals surface area contributed by atoms with Crippen molar-refractivity contribution in [3.05, 3.63) is 253 Å². The number of anilines is 2. The number of carbonyl (C=O) groups is 6. The Morgan fingerprint density at radius 1 is 0.302 bits per heavy atom. The van der Waals surface area contributed by atoms with Crippen LogP contribution >= 0.6 is 0 Å². The molecule has 0 atom stereocenters. The number of fused-ring (bicyclic) bond motifs is 2. The predicted octanol–water partition coefficient (Wildman–Crippen LogP) is 14.2. The maximum absolute atomic E-state index is 13.3. The van der Waals surface area contributed by atoms with Crippen LogP contribution in [0.25, 0.3) is 21.5 Å². The van der Waals surface area contributed by atoms with Gasteiger partial charge in [0.2, 0.25) is 0 Å². The van der Waals surface area contributed by atoms with E-state index in [0.29, 0.717) is 83.9 Å². The van der Waals surface area contributed by atoms with Crippen molar-refractivity contribution in [2.45, 2.75) is 52.7 Å². The molecule has 0 aromatic heterocycles. The van der Waals surface area contributed by atoms with Crippen LogP contribution in [0.3, 0.4) is 0 Å². The number of amides is 2. The lowest BCUT2D eigenvalue weighted by atomic mass is 9.95. The van der Waals surface area contributed by atoms with E-state index in [2.05, 4.69) is 81.7 Å². The van der Waals surface area contributed by atoms with Gasteiger partial charge in [-0.05, 0) is 181 Å². The summed E-state index contributed by atoms with van der Waals surface area (Å²) in [5.74, 6) is 35.6. The van der Waals surface area contributed by atoms with Gasteiger partial charge in [-0.3, -0.25) is 10.6 Å². The molecule has 9 rings (SSSR count). The van der Waals surface area contributed by atoms with Crippen LogP contribution in [-0.4, -0.2) is 82.8 Å². The fourth-order valence-corrected chi connectivity index (χ4v) is 9.56. The highest BCUT2D eigenvalue weighted by Gasteiger charge is 2.20. The first-order chi connectivity index (χ1) is 46.0. The lowest BCUT2D eigenvalue weighted by molar-refractivity contribution is 0.0591. The van der Waals surface area contributed by atoms with E-state index in [1.165, 1.54) is 28.4 Å². The summed E-state index contributed by atoms with van der Waals surface area (Å²) in [6.07, 6.45) is -1.16. The first kappa shape index (κ1) is 67.5. The summed E-state index contributed by atoms with van der Waals surface area (Å²) >= 11 is 0. The molecule has 96 heavy (non-hydrogen) atoms. The van der Waals surface area contributed by atoms with Crippen LogP contribution in [0.5, 0.6) is 5.75 Å². The third-order valence-corrected chi connectivity index (χ3v) is 14.0. The van der Waals surface area contributed by atoms with Crippen molar-refractivity contribution in [1.82, 2.24) is 0 Å². The number of nitrogens with one attached hydrogen (secondary N) is 2. The van der Waals surface area contributed by atoms with Crippen LogP contribution in [0, 0.1) is 71.0 Å². The van der Waals surface area contributed by atoms with Crippen LogP contribution in [0.4, 0.5) is 21.0 Å². The van der Waals surface area contributed by atoms with Crippen molar-refractivity contribution < 1.29 is 61.9 Å². The predicted molar refractivity (Wildman–Crippen MR) is 368 cm³/mol. The molecule has 2 amide bonds. The maximum atomic E-state index is 13.3. The Kier molecular flexibility index (Phi) is 21.1. The topological polar surface area (TPSA) is 191 Å². The number of carbonyl (C=O) groups excluding carboxylic acids is 6. The average molecular weight is 1270 g/mol. The van der Waals surface area contributed by atoms with Crippen LogP contribution in [0.2, 0.25) is 0 Å². The van der Waals surface area contributed by atoms with Crippen molar-refractivity contribution >= 4 is 69.0 Å². The molecule has 0 heterocycles. The number of ether oxygens (including phenoxy) is 7. The second-order valence-corrected chi connectivity index (χ2v) is 23.1. The molecule has 15 nitrogen and oxygen atoms in total. The maximum Gasteiger partial charge on any atom is 0.412 e. The number of hydrogen-bond donors (Lipinski definition) is 2. The van der Waals surface area contributed by atoms with Crippen molar-refractivity contribution in [3.63, 3.8) is 0 Å². The van der Waals surface area contributed by atoms with Crippen molar-refractivity contribution in [1.29, 1.82) is 0 Å². The Labute approximate surface area is 556 Å². The number of esters is 4. The second kappa shape index (κ2) is 30.0. The lowest BCUT2D eigenvalue weighted by Crippen LogP contribution is -2.27. The van der Waals surface area contributed by atoms with E-state index >= 15 is 0 Å². The zero-order chi connectivity index (χ0) is 68.7. The van der Waals surface area contributed by atoms with Crippen LogP contribution < -0.4 is 15.4 Å². The van der Waals surface area contributed by atoms with Gasteiger partial charge in [-0.2, -0.15) is 0 Å². The minimum Gasteiger partial charge on any atom is -0.495 e. The Bertz CT molecular complexity index is 4720. The number of benzene rings is 9. The molecule has 0 bridgehead atoms. The Balaban J connectivity index is 0.960. The van der Waals surface area contributed by atoms with Crippen LogP contribution in [-0.2, 0) is 28.4 Å². The van der Waals surface area contributed by atoms with E-state index in [1.54, 1.807) is 170 Å². The van der Waals surface area contributed by atoms with Crippen LogP contribution in [0.1, 0.15) is 150 Å². The van der Waals surface area contributed by atoms with Gasteiger partial charge in [0, 0.05) is 99.7 Å². The Morgan fingerprint density at radius 3 is 0.844 bits per heavy atom. The Hall–Kier alpha value is -12.9. The molecule has 0 aliphatic rings. The summed E-state index contributed by atoms with van der Waals surface area (Å²) in [6.45, 7) is 10.7. The highest BCUT2D eigenvalue weighted by molar-refractivity contribution is 6.09. The molecule has 9 aromatic carbocycles. The monoisotopic (exact) mass is 1270 g/mol. The standard InChI is InChI=1S/C81H62N2O13/c1-80(2,3)95-78(88)82-63-42-28-51(29-43-63)18-32-59-36-22-55(48-69(59)74(84)91-8)26-40-61-38-24-53(46-71(61)76(86)93-10)20-34-57-14-12-16-65-67(57)50-68-58(15-13-17-66(68)73(65)90-7)35-21-54-25-39-62(72(47-54)77(87)94-11)41-27-56-23-37-60(70(49-56)75(85)92-9)33-19-52-30-44-64(45-31-52)83-79(89)96-81(4,5)6/h12-17,22-25,28-31,36-39,42-50H,1-11H3,(H,82,88)(H,83,89). The average Bonchev–Trinajstić information content (AvgIpc) is 0.759. The molecule has 474 valence electrons. The van der Waals surface area contributed by atoms with Crippen molar-refractivity contribution in [3.8, 4) is 76.8 Å². The fraction of sp³-hybridized carbons (Fsp3) is 0.160. The van der Waals surface area contributed by atoms with E-state index in [9.17, 15) is 28.8 Å². The minimum absolute atomic E-state index is 0.174. The smallest absolute Gasteiger partial charge is 0.412 e. The molecular formula is C81H62N2O13. The molecule has 0 aliphatic heterocycles. The second-order valence-electron chi connectivity index (χ2n) is 23.1. The third-order valence-electron chi connectivity index (χ3n) is 14.0. The molecule has 0 saturated heterocycles. The molecule has 0 fully saturated rings. The van der Waals surface area contributed by atoms with Gasteiger partial charge >= 0.3 is 36.1 Å². The normalized spacial score (nSPS) is 10.4. The van der Waals surface area contributed by atoms with Crippen LogP contribution in [0.15, 0.2) is 164 Å². The third kappa shape index (κ3) is 17.4. The Morgan fingerprint density at radius 2 is 0.573 bits per heavy atom. The number of hydrogen-bond acceptors (Lipinski definition) is 13. The van der Waals surface area contributed by atoms with Gasteiger partial charge in [0.1, 0.15) is 17.0 Å². The van der Waals surface area contributed by atoms with Gasteiger partial charge < -0.3 is 33.2 Å². The lowest BCUT2D eigenvalue weighted by Gasteiger charge is -2.19. The molecule has 0 unspecified atom stereocenters. The van der Waals surface area contributed by atoms with E-state index in [4.69, 9.17) is 33.2 Å². The first-order valence-electron chi connectivity index (χ1n) is 29.8. The first-order valence-corrected chi connectivity index (χ1v) is 29.8. The SMILES string of the molecule is COC(=O)c1cc(C#Cc2ccc(C#Cc3cccc4c(OC)c5cccc(C#Cc6ccc(C#Cc7ccc(C#Cc8ccc(NC(=O)OC(C)(C)C)cc8)c(C(=O)OC)c7)c(C(=O)OC)c6)c5cc34)cc2C(=O)OC)ccc1C#Cc1ccc(NC(=O)OC(C)(C)C)cc1. The summed E-state index contributed by atoms with van der Waals surface area (Å²) < 4.78 is 37.3. The van der Waals surface area contributed by atoms with E-state index in [0.717, 1.165) is 21.5 Å². The van der Waals surface area contributed by atoms with E-state index < -0.39 is 47.3 Å². The van der Waals surface area contributed by atoms with Gasteiger partial charge in [0.25, 0.3) is 0 Å². The minimum atomic E-state index is -0.650. The van der Waals surface area contributed by atoms with Crippen molar-refractivity contribution in [2.75, 3.05) is 46.2 Å². The van der Waals surface area contributed by atoms with Gasteiger partial charge in [-0.15, -0.1) is 0 Å². The van der Waals surface area contributed by atoms with Gasteiger partial charge in [-0.25, -0.2) is 28.8 Å². The molecular weight excluding hydrogens is 1210 g/mol. The zero-order valence-corrected chi connectivity index (χ0v) is 54.4.